The number of tetrazole rings is 1. The van der Waals surface area contributed by atoms with Crippen LogP contribution in [0, 0.1) is 0 Å². The SMILES string of the molecule is CC(C)c1ccccc1NC(=O)CSc1nnnn1CC1CCCO1. The van der Waals surface area contributed by atoms with E-state index in [2.05, 4.69) is 34.7 Å². The van der Waals surface area contributed by atoms with Gasteiger partial charge in [-0.05, 0) is 40.8 Å². The Kier molecular flexibility index (Phi) is 6.04. The first kappa shape index (κ1) is 17.9. The number of carbonyl (C=O) groups excluding carboxylic acids is 1. The Morgan fingerprint density at radius 3 is 3.04 bits per heavy atom. The Hall–Kier alpha value is -1.93. The maximum absolute atomic E-state index is 12.3. The lowest BCUT2D eigenvalue weighted by Gasteiger charge is -2.13. The first-order chi connectivity index (χ1) is 12.1. The molecule has 2 aromatic rings. The molecule has 0 aliphatic carbocycles. The summed E-state index contributed by atoms with van der Waals surface area (Å²) >= 11 is 1.34. The third-order valence-electron chi connectivity index (χ3n) is 4.09. The molecule has 1 N–H and O–H groups in total. The monoisotopic (exact) mass is 361 g/mol. The second-order valence-electron chi connectivity index (χ2n) is 6.36. The number of amides is 1. The molecular weight excluding hydrogens is 338 g/mol. The van der Waals surface area contributed by atoms with Crippen molar-refractivity contribution in [1.82, 2.24) is 20.2 Å². The summed E-state index contributed by atoms with van der Waals surface area (Å²) in [6.45, 7) is 5.65. The van der Waals surface area contributed by atoms with E-state index in [0.29, 0.717) is 17.6 Å². The number of rotatable bonds is 7. The molecule has 8 heteroatoms. The smallest absolute Gasteiger partial charge is 0.234 e. The summed E-state index contributed by atoms with van der Waals surface area (Å²) in [6.07, 6.45) is 2.26. The maximum atomic E-state index is 12.3. The van der Waals surface area contributed by atoms with Crippen LogP contribution >= 0.6 is 11.8 Å². The fraction of sp³-hybridized carbons (Fsp3) is 0.529. The fourth-order valence-corrected chi connectivity index (χ4v) is 3.51. The number of ether oxygens (including phenoxy) is 1. The Balaban J connectivity index is 1.55. The van der Waals surface area contributed by atoms with E-state index in [1.807, 2.05) is 24.3 Å². The highest BCUT2D eigenvalue weighted by Gasteiger charge is 2.19. The predicted octanol–water partition coefficient (Wildman–Crippen LogP) is 2.71. The largest absolute Gasteiger partial charge is 0.376 e. The van der Waals surface area contributed by atoms with Crippen molar-refractivity contribution in [1.29, 1.82) is 0 Å². The number of nitrogens with zero attached hydrogens (tertiary/aromatic N) is 4. The van der Waals surface area contributed by atoms with Crippen molar-refractivity contribution in [3.8, 4) is 0 Å². The molecule has 1 fully saturated rings. The normalized spacial score (nSPS) is 17.2. The molecule has 7 nitrogen and oxygen atoms in total. The molecule has 1 aromatic carbocycles. The average Bonchev–Trinajstić information content (AvgIpc) is 3.26. The van der Waals surface area contributed by atoms with E-state index in [1.54, 1.807) is 4.68 Å². The van der Waals surface area contributed by atoms with Crippen molar-refractivity contribution in [3.63, 3.8) is 0 Å². The van der Waals surface area contributed by atoms with Crippen LogP contribution in [0.1, 0.15) is 38.2 Å². The van der Waals surface area contributed by atoms with Gasteiger partial charge in [0.1, 0.15) is 0 Å². The molecular formula is C17H23N5O2S. The molecule has 0 radical (unpaired) electrons. The number of aromatic nitrogens is 4. The zero-order chi connectivity index (χ0) is 17.6. The van der Waals surface area contributed by atoms with Crippen LogP contribution in [0.15, 0.2) is 29.4 Å². The Bertz CT molecular complexity index is 713. The van der Waals surface area contributed by atoms with Gasteiger partial charge in [-0.1, -0.05) is 43.8 Å². The van der Waals surface area contributed by atoms with Crippen LogP contribution in [-0.4, -0.2) is 44.6 Å². The van der Waals surface area contributed by atoms with Gasteiger partial charge in [-0.2, -0.15) is 0 Å². The lowest BCUT2D eigenvalue weighted by atomic mass is 10.0. The van der Waals surface area contributed by atoms with E-state index in [1.165, 1.54) is 11.8 Å². The van der Waals surface area contributed by atoms with Crippen molar-refractivity contribution in [3.05, 3.63) is 29.8 Å². The molecule has 1 saturated heterocycles. The maximum Gasteiger partial charge on any atom is 0.234 e. The topological polar surface area (TPSA) is 81.9 Å². The lowest BCUT2D eigenvalue weighted by Crippen LogP contribution is -2.18. The lowest BCUT2D eigenvalue weighted by molar-refractivity contribution is -0.113. The van der Waals surface area contributed by atoms with Gasteiger partial charge in [-0.25, -0.2) is 4.68 Å². The van der Waals surface area contributed by atoms with E-state index >= 15 is 0 Å². The highest BCUT2D eigenvalue weighted by molar-refractivity contribution is 7.99. The molecule has 2 heterocycles. The molecule has 134 valence electrons. The van der Waals surface area contributed by atoms with Crippen molar-refractivity contribution < 1.29 is 9.53 Å². The standard InChI is InChI=1S/C17H23N5O2S/c1-12(2)14-7-3-4-8-15(14)18-16(23)11-25-17-19-20-21-22(17)10-13-6-5-9-24-13/h3-4,7-8,12-13H,5-6,9-11H2,1-2H3,(H,18,23). The van der Waals surface area contributed by atoms with E-state index in [9.17, 15) is 4.79 Å². The molecule has 0 saturated carbocycles. The number of hydrogen-bond donors (Lipinski definition) is 1. The summed E-state index contributed by atoms with van der Waals surface area (Å²) in [5.74, 6) is 0.547. The van der Waals surface area contributed by atoms with Gasteiger partial charge in [0.2, 0.25) is 11.1 Å². The number of thioether (sulfide) groups is 1. The molecule has 1 aromatic heterocycles. The number of hydrogen-bond acceptors (Lipinski definition) is 6. The Morgan fingerprint density at radius 2 is 2.28 bits per heavy atom. The molecule has 1 aliphatic rings. The number of benzene rings is 1. The summed E-state index contributed by atoms with van der Waals surface area (Å²) in [6, 6.07) is 7.88. The van der Waals surface area contributed by atoms with Gasteiger partial charge in [-0.3, -0.25) is 4.79 Å². The highest BCUT2D eigenvalue weighted by Crippen LogP contribution is 2.24. The fourth-order valence-electron chi connectivity index (χ4n) is 2.83. The van der Waals surface area contributed by atoms with Gasteiger partial charge >= 0.3 is 0 Å². The zero-order valence-electron chi connectivity index (χ0n) is 14.5. The predicted molar refractivity (Wildman–Crippen MR) is 96.7 cm³/mol. The molecule has 0 bridgehead atoms. The molecule has 1 atom stereocenters. The summed E-state index contributed by atoms with van der Waals surface area (Å²) in [7, 11) is 0. The molecule has 25 heavy (non-hydrogen) atoms. The number of carbonyl (C=O) groups is 1. The first-order valence-electron chi connectivity index (χ1n) is 8.53. The third-order valence-corrected chi connectivity index (χ3v) is 5.05. The summed E-state index contributed by atoms with van der Waals surface area (Å²) in [4.78, 5) is 12.3. The van der Waals surface area contributed by atoms with E-state index < -0.39 is 0 Å². The number of para-hydroxylation sites is 1. The van der Waals surface area contributed by atoms with Gasteiger partial charge in [0, 0.05) is 12.3 Å². The second kappa shape index (κ2) is 8.44. The van der Waals surface area contributed by atoms with Crippen molar-refractivity contribution in [2.24, 2.45) is 0 Å². The van der Waals surface area contributed by atoms with E-state index in [0.717, 1.165) is 30.7 Å². The highest BCUT2D eigenvalue weighted by atomic mass is 32.2. The van der Waals surface area contributed by atoms with Crippen LogP contribution in [0.3, 0.4) is 0 Å². The summed E-state index contributed by atoms with van der Waals surface area (Å²) in [5.41, 5.74) is 1.99. The van der Waals surface area contributed by atoms with Crippen LogP contribution in [0.5, 0.6) is 0 Å². The zero-order valence-corrected chi connectivity index (χ0v) is 15.3. The van der Waals surface area contributed by atoms with E-state index in [-0.39, 0.29) is 17.8 Å². The quantitative estimate of drug-likeness (QED) is 0.764. The molecule has 1 amide bonds. The van der Waals surface area contributed by atoms with Crippen LogP contribution in [0.25, 0.3) is 0 Å². The van der Waals surface area contributed by atoms with Crippen molar-refractivity contribution in [2.45, 2.75) is 50.4 Å². The minimum Gasteiger partial charge on any atom is -0.376 e. The van der Waals surface area contributed by atoms with Crippen molar-refractivity contribution >= 4 is 23.4 Å². The van der Waals surface area contributed by atoms with Gasteiger partial charge in [0.05, 0.1) is 18.4 Å². The van der Waals surface area contributed by atoms with Gasteiger partial charge < -0.3 is 10.1 Å². The van der Waals surface area contributed by atoms with Gasteiger partial charge in [0.25, 0.3) is 0 Å². The first-order valence-corrected chi connectivity index (χ1v) is 9.51. The summed E-state index contributed by atoms with van der Waals surface area (Å²) < 4.78 is 7.33. The molecule has 3 rings (SSSR count). The van der Waals surface area contributed by atoms with Crippen LogP contribution < -0.4 is 5.32 Å². The number of nitrogens with one attached hydrogen (secondary N) is 1. The van der Waals surface area contributed by atoms with Crippen molar-refractivity contribution in [2.75, 3.05) is 17.7 Å². The second-order valence-corrected chi connectivity index (χ2v) is 7.30. The van der Waals surface area contributed by atoms with E-state index in [4.69, 9.17) is 4.74 Å². The Morgan fingerprint density at radius 1 is 1.44 bits per heavy atom. The van der Waals surface area contributed by atoms with Crippen LogP contribution in [0.2, 0.25) is 0 Å². The Labute approximate surface area is 151 Å². The minimum absolute atomic E-state index is 0.0650. The average molecular weight is 361 g/mol. The molecule has 1 aliphatic heterocycles. The van der Waals surface area contributed by atoms with Crippen LogP contribution in [0.4, 0.5) is 5.69 Å². The minimum atomic E-state index is -0.0650. The number of anilines is 1. The molecule has 1 unspecified atom stereocenters. The van der Waals surface area contributed by atoms with Crippen LogP contribution in [-0.2, 0) is 16.1 Å². The third kappa shape index (κ3) is 4.79. The van der Waals surface area contributed by atoms with Gasteiger partial charge in [0.15, 0.2) is 0 Å². The van der Waals surface area contributed by atoms with Gasteiger partial charge in [-0.15, -0.1) is 5.10 Å². The summed E-state index contributed by atoms with van der Waals surface area (Å²) in [5, 5.41) is 15.4. The molecule has 0 spiro atoms.